The summed E-state index contributed by atoms with van der Waals surface area (Å²) in [6.45, 7) is 7.21. The number of likely N-dealkylation sites (N-methyl/N-ethyl adjacent to an activating group) is 1. The first-order chi connectivity index (χ1) is 18.8. The lowest BCUT2D eigenvalue weighted by atomic mass is 9.55. The summed E-state index contributed by atoms with van der Waals surface area (Å²) in [5, 5.41) is 15.2. The molecule has 2 aliphatic rings. The Labute approximate surface area is 232 Å². The highest BCUT2D eigenvalue weighted by atomic mass is 19.4. The number of nitrogens with one attached hydrogen (secondary N) is 1. The molecule has 2 aromatic rings. The number of aliphatic hydroxyl groups is 1. The fraction of sp³-hybridized carbons (Fsp3) is 0.419. The standard InChI is InChI=1S/C31H33F3N2O4/c1-4-17-36(3)18-16-29(25-6-5-7-27(19-25)40-22(2)37)20-26(14-15-30(29,39)21-36)35-28(38)13-10-23-8-11-24(12-9-23)31(32,33)34/h4-9,11-12,19,26,39H,1,14-18,20-21H2,2-3H3/p+1/t26-,29+,30?,36+/m1/s1. The smallest absolute Gasteiger partial charge is 0.416 e. The number of hydrogen-bond acceptors (Lipinski definition) is 4. The number of benzene rings is 2. The minimum Gasteiger partial charge on any atom is -0.427 e. The van der Waals surface area contributed by atoms with Crippen molar-refractivity contribution in [3.8, 4) is 17.6 Å². The molecule has 2 N–H and O–H groups in total. The van der Waals surface area contributed by atoms with Gasteiger partial charge in [0.15, 0.2) is 0 Å². The van der Waals surface area contributed by atoms with Gasteiger partial charge in [0.25, 0.3) is 5.91 Å². The van der Waals surface area contributed by atoms with Crippen LogP contribution in [0.3, 0.4) is 0 Å². The van der Waals surface area contributed by atoms with E-state index in [0.29, 0.717) is 54.6 Å². The summed E-state index contributed by atoms with van der Waals surface area (Å²) < 4.78 is 44.4. The number of rotatable bonds is 5. The van der Waals surface area contributed by atoms with Crippen molar-refractivity contribution in [2.45, 2.75) is 55.8 Å². The number of likely N-dealkylation sites (tertiary alicyclic amines) is 1. The third kappa shape index (κ3) is 6.24. The van der Waals surface area contributed by atoms with Gasteiger partial charge in [-0.3, -0.25) is 9.59 Å². The van der Waals surface area contributed by atoms with Crippen molar-refractivity contribution < 1.29 is 37.1 Å². The molecule has 0 aromatic heterocycles. The first kappa shape index (κ1) is 29.4. The Hall–Kier alpha value is -3.61. The molecule has 1 aliphatic carbocycles. The number of halogens is 3. The number of ether oxygens (including phenoxy) is 1. The second kappa shape index (κ2) is 11.1. The van der Waals surface area contributed by atoms with Gasteiger partial charge in [-0.25, -0.2) is 0 Å². The monoisotopic (exact) mass is 555 g/mol. The summed E-state index contributed by atoms with van der Waals surface area (Å²) in [4.78, 5) is 24.4. The zero-order valence-electron chi connectivity index (χ0n) is 22.7. The number of carbonyl (C=O) groups excluding carboxylic acids is 2. The first-order valence-corrected chi connectivity index (χ1v) is 13.2. The molecule has 0 spiro atoms. The van der Waals surface area contributed by atoms with E-state index in [2.05, 4.69) is 30.8 Å². The number of amides is 1. The van der Waals surface area contributed by atoms with Crippen molar-refractivity contribution >= 4 is 11.9 Å². The average Bonchev–Trinajstić information content (AvgIpc) is 2.87. The maximum Gasteiger partial charge on any atom is 0.416 e. The lowest BCUT2D eigenvalue weighted by molar-refractivity contribution is -0.918. The van der Waals surface area contributed by atoms with E-state index >= 15 is 0 Å². The quantitative estimate of drug-likeness (QED) is 0.189. The molecule has 1 saturated carbocycles. The van der Waals surface area contributed by atoms with E-state index in [1.807, 2.05) is 12.1 Å². The van der Waals surface area contributed by atoms with E-state index in [4.69, 9.17) is 4.74 Å². The highest BCUT2D eigenvalue weighted by Crippen LogP contribution is 2.53. The van der Waals surface area contributed by atoms with Gasteiger partial charge in [-0.2, -0.15) is 13.2 Å². The Morgan fingerprint density at radius 3 is 2.60 bits per heavy atom. The summed E-state index contributed by atoms with van der Waals surface area (Å²) in [7, 11) is 2.10. The maximum absolute atomic E-state index is 12.8. The predicted octanol–water partition coefficient (Wildman–Crippen LogP) is 4.36. The maximum atomic E-state index is 12.8. The van der Waals surface area contributed by atoms with E-state index in [1.54, 1.807) is 18.2 Å². The second-order valence-electron chi connectivity index (χ2n) is 11.2. The zero-order chi connectivity index (χ0) is 29.2. The van der Waals surface area contributed by atoms with Crippen LogP contribution in [0.2, 0.25) is 0 Å². The van der Waals surface area contributed by atoms with Gasteiger partial charge in [0, 0.05) is 36.3 Å². The Bertz CT molecular complexity index is 1350. The van der Waals surface area contributed by atoms with Crippen LogP contribution in [0, 0.1) is 11.8 Å². The summed E-state index contributed by atoms with van der Waals surface area (Å²) in [5.74, 6) is 4.52. The van der Waals surface area contributed by atoms with Crippen LogP contribution in [0.15, 0.2) is 61.2 Å². The number of hydrogen-bond donors (Lipinski definition) is 2. The fourth-order valence-electron chi connectivity index (χ4n) is 6.34. The predicted molar refractivity (Wildman–Crippen MR) is 144 cm³/mol. The fourth-order valence-corrected chi connectivity index (χ4v) is 6.34. The molecule has 0 radical (unpaired) electrons. The van der Waals surface area contributed by atoms with Gasteiger partial charge in [-0.15, -0.1) is 0 Å². The summed E-state index contributed by atoms with van der Waals surface area (Å²) in [6, 6.07) is 11.2. The lowest BCUT2D eigenvalue weighted by Crippen LogP contribution is -2.71. The highest BCUT2D eigenvalue weighted by molar-refractivity contribution is 5.94. The van der Waals surface area contributed by atoms with Gasteiger partial charge in [-0.05, 0) is 67.3 Å². The minimum atomic E-state index is -4.44. The molecule has 4 rings (SSSR count). The van der Waals surface area contributed by atoms with E-state index < -0.39 is 34.6 Å². The van der Waals surface area contributed by atoms with Crippen molar-refractivity contribution in [3.05, 3.63) is 77.9 Å². The van der Waals surface area contributed by atoms with E-state index in [0.717, 1.165) is 24.2 Å². The van der Waals surface area contributed by atoms with Gasteiger partial charge in [0.05, 0.1) is 25.7 Å². The van der Waals surface area contributed by atoms with Crippen molar-refractivity contribution in [2.75, 3.05) is 26.7 Å². The van der Waals surface area contributed by atoms with E-state index in [9.17, 15) is 27.9 Å². The number of piperidine rings is 1. The summed E-state index contributed by atoms with van der Waals surface area (Å²) in [5.41, 5.74) is -1.43. The Balaban J connectivity index is 1.58. The molecule has 212 valence electrons. The average molecular weight is 556 g/mol. The molecule has 1 amide bonds. The molecule has 1 saturated heterocycles. The van der Waals surface area contributed by atoms with Gasteiger partial charge in [0.2, 0.25) is 0 Å². The molecule has 2 aromatic carbocycles. The summed E-state index contributed by atoms with van der Waals surface area (Å²) in [6.07, 6.45) is -0.521. The largest absolute Gasteiger partial charge is 0.427 e. The van der Waals surface area contributed by atoms with Crippen LogP contribution in [0.25, 0.3) is 0 Å². The summed E-state index contributed by atoms with van der Waals surface area (Å²) >= 11 is 0. The number of carbonyl (C=O) groups is 2. The van der Waals surface area contributed by atoms with Gasteiger partial charge in [0.1, 0.15) is 17.9 Å². The molecule has 9 heteroatoms. The number of alkyl halides is 3. The van der Waals surface area contributed by atoms with Crippen LogP contribution in [0.5, 0.6) is 5.75 Å². The topological polar surface area (TPSA) is 75.6 Å². The lowest BCUT2D eigenvalue weighted by Gasteiger charge is -2.59. The van der Waals surface area contributed by atoms with Crippen molar-refractivity contribution in [3.63, 3.8) is 0 Å². The molecular formula is C31H34F3N2O4+. The van der Waals surface area contributed by atoms with Crippen molar-refractivity contribution in [1.82, 2.24) is 5.32 Å². The molecule has 1 aliphatic heterocycles. The van der Waals surface area contributed by atoms with Crippen molar-refractivity contribution in [2.24, 2.45) is 0 Å². The van der Waals surface area contributed by atoms with Crippen LogP contribution in [0.1, 0.15) is 49.3 Å². The molecule has 1 unspecified atom stereocenters. The second-order valence-corrected chi connectivity index (χ2v) is 11.2. The zero-order valence-corrected chi connectivity index (χ0v) is 22.7. The van der Waals surface area contributed by atoms with Crippen LogP contribution in [0.4, 0.5) is 13.2 Å². The molecular weight excluding hydrogens is 521 g/mol. The van der Waals surface area contributed by atoms with Crippen LogP contribution in [-0.4, -0.2) is 59.8 Å². The van der Waals surface area contributed by atoms with E-state index in [-0.39, 0.29) is 6.04 Å². The normalized spacial score (nSPS) is 27.9. The van der Waals surface area contributed by atoms with Crippen LogP contribution >= 0.6 is 0 Å². The molecule has 1 heterocycles. The Morgan fingerprint density at radius 1 is 1.23 bits per heavy atom. The number of esters is 1. The van der Waals surface area contributed by atoms with Crippen LogP contribution < -0.4 is 10.1 Å². The Morgan fingerprint density at radius 2 is 1.95 bits per heavy atom. The van der Waals surface area contributed by atoms with Crippen molar-refractivity contribution in [1.29, 1.82) is 0 Å². The van der Waals surface area contributed by atoms with Gasteiger partial charge < -0.3 is 19.6 Å². The molecule has 0 bridgehead atoms. The third-order valence-corrected chi connectivity index (χ3v) is 8.20. The van der Waals surface area contributed by atoms with E-state index in [1.165, 1.54) is 19.1 Å². The number of nitrogens with zero attached hydrogens (tertiary/aromatic N) is 1. The molecule has 4 atom stereocenters. The van der Waals surface area contributed by atoms with Gasteiger partial charge >= 0.3 is 12.1 Å². The third-order valence-electron chi connectivity index (χ3n) is 8.20. The highest BCUT2D eigenvalue weighted by Gasteiger charge is 2.61. The van der Waals surface area contributed by atoms with Crippen LogP contribution in [-0.2, 0) is 21.2 Å². The molecule has 40 heavy (non-hydrogen) atoms. The minimum absolute atomic E-state index is 0.289. The number of fused-ring (bicyclic) bond motifs is 1. The number of quaternary nitrogens is 1. The van der Waals surface area contributed by atoms with Gasteiger partial charge in [-0.1, -0.05) is 24.6 Å². The molecule has 6 nitrogen and oxygen atoms in total. The first-order valence-electron chi connectivity index (χ1n) is 13.2. The molecule has 2 fully saturated rings. The Kier molecular flexibility index (Phi) is 8.16. The SMILES string of the molecule is C=CC[N@@+]1(C)CC[C@@]2(c3cccc(OC(C)=O)c3)C[C@H](NC(=O)C#Cc3ccc(C(F)(F)F)cc3)CCC2(O)C1.